The van der Waals surface area contributed by atoms with Crippen LogP contribution >= 0.6 is 0 Å². The van der Waals surface area contributed by atoms with E-state index in [0.29, 0.717) is 0 Å². The molecule has 0 spiro atoms. The van der Waals surface area contributed by atoms with E-state index in [4.69, 9.17) is 0 Å². The minimum atomic E-state index is 1.08. The third-order valence-electron chi connectivity index (χ3n) is 9.49. The van der Waals surface area contributed by atoms with Crippen LogP contribution in [0, 0.1) is 0 Å². The van der Waals surface area contributed by atoms with Crippen LogP contribution in [0.5, 0.6) is 0 Å². The predicted octanol–water partition coefficient (Wildman–Crippen LogP) is 15.8. The lowest BCUT2D eigenvalue weighted by Crippen LogP contribution is -1.90. The van der Waals surface area contributed by atoms with Gasteiger partial charge in [0.2, 0.25) is 0 Å². The van der Waals surface area contributed by atoms with E-state index < -0.39 is 0 Å². The summed E-state index contributed by atoms with van der Waals surface area (Å²) in [5.41, 5.74) is 23.5. The van der Waals surface area contributed by atoms with Gasteiger partial charge in [-0.05, 0) is 127 Å². The topological polar surface area (TPSA) is 0 Å². The lowest BCUT2D eigenvalue weighted by Gasteiger charge is -2.07. The zero-order valence-electron chi connectivity index (χ0n) is 34.4. The van der Waals surface area contributed by atoms with Gasteiger partial charge in [0.1, 0.15) is 0 Å². The Morgan fingerprint density at radius 3 is 0.788 bits per heavy atom. The molecule has 0 fully saturated rings. The molecule has 6 aromatic rings. The minimum absolute atomic E-state index is 1.08. The van der Waals surface area contributed by atoms with Gasteiger partial charge in [0.25, 0.3) is 0 Å². The van der Waals surface area contributed by atoms with Gasteiger partial charge in [0.05, 0.1) is 0 Å². The average molecular weight is 689 g/mol. The Bertz CT molecular complexity index is 1840. The second-order valence-corrected chi connectivity index (χ2v) is 11.6. The minimum Gasteiger partial charge on any atom is -0.0683 e. The van der Waals surface area contributed by atoms with Crippen LogP contribution in [0.1, 0.15) is 128 Å². The number of hydrogen-bond donors (Lipinski definition) is 0. The largest absolute Gasteiger partial charge is 0.0683 e. The Balaban J connectivity index is 0.000000219. The average Bonchev–Trinajstić information content (AvgIpc) is 4.01. The molecule has 0 heteroatoms. The number of hydrogen-bond acceptors (Lipinski definition) is 0. The number of benzene rings is 6. The van der Waals surface area contributed by atoms with Crippen molar-refractivity contribution in [2.24, 2.45) is 0 Å². The fourth-order valence-electron chi connectivity index (χ4n) is 7.62. The maximum absolute atomic E-state index is 2.43. The first-order valence-corrected chi connectivity index (χ1v) is 20.5. The summed E-state index contributed by atoms with van der Waals surface area (Å²) < 4.78 is 0. The molecule has 0 heterocycles. The van der Waals surface area contributed by atoms with Crippen LogP contribution in [0.4, 0.5) is 0 Å². The summed E-state index contributed by atoms with van der Waals surface area (Å²) in [7, 11) is 0. The molecule has 0 atom stereocenters. The van der Waals surface area contributed by atoms with Gasteiger partial charge in [0, 0.05) is 0 Å². The fourth-order valence-corrected chi connectivity index (χ4v) is 7.62. The Morgan fingerprint density at radius 2 is 0.481 bits per heavy atom. The highest BCUT2D eigenvalue weighted by atomic mass is 14.3. The summed E-state index contributed by atoms with van der Waals surface area (Å²) in [6.45, 7) is 24.0. The van der Waals surface area contributed by atoms with Crippen molar-refractivity contribution in [3.05, 3.63) is 166 Å². The Morgan fingerprint density at radius 1 is 0.231 bits per heavy atom. The molecule has 4 aliphatic carbocycles. The summed E-state index contributed by atoms with van der Waals surface area (Å²) in [5.74, 6) is 0. The maximum atomic E-state index is 2.43. The van der Waals surface area contributed by atoms with Gasteiger partial charge in [-0.1, -0.05) is 192 Å². The normalized spacial score (nSPS) is 11.2. The van der Waals surface area contributed by atoms with Crippen molar-refractivity contribution in [1.82, 2.24) is 0 Å². The molecule has 272 valence electrons. The molecule has 10 rings (SSSR count). The first-order chi connectivity index (χ1) is 25.8. The second kappa shape index (κ2) is 21.0. The molecule has 0 saturated heterocycles. The summed E-state index contributed by atoms with van der Waals surface area (Å²) >= 11 is 0. The Hall–Kier alpha value is -4.68. The van der Waals surface area contributed by atoms with E-state index in [1.165, 1.54) is 77.9 Å². The highest BCUT2D eigenvalue weighted by Crippen LogP contribution is 2.47. The third-order valence-corrected chi connectivity index (χ3v) is 9.49. The van der Waals surface area contributed by atoms with Crippen LogP contribution in [0.15, 0.2) is 121 Å². The van der Waals surface area contributed by atoms with Gasteiger partial charge in [-0.3, -0.25) is 0 Å². The summed E-state index contributed by atoms with van der Waals surface area (Å²) in [5, 5.41) is 0. The molecule has 6 aromatic carbocycles. The van der Waals surface area contributed by atoms with Crippen molar-refractivity contribution in [3.63, 3.8) is 0 Å². The Labute approximate surface area is 318 Å². The monoisotopic (exact) mass is 689 g/mol. The quantitative estimate of drug-likeness (QED) is 0.149. The van der Waals surface area contributed by atoms with Crippen molar-refractivity contribution in [2.75, 3.05) is 0 Å². The molecule has 0 saturated carbocycles. The van der Waals surface area contributed by atoms with E-state index in [-0.39, 0.29) is 0 Å². The van der Waals surface area contributed by atoms with E-state index in [2.05, 4.69) is 121 Å². The molecule has 0 unspecified atom stereocenters. The van der Waals surface area contributed by atoms with Gasteiger partial charge in [-0.2, -0.15) is 0 Å². The molecular formula is C52H64. The number of rotatable bonds is 0. The lowest BCUT2D eigenvalue weighted by atomic mass is 9.96. The smallest absolute Gasteiger partial charge is 0.00104 e. The highest BCUT2D eigenvalue weighted by molar-refractivity contribution is 5.87. The first kappa shape index (κ1) is 41.7. The SMILES string of the molecule is CC.CC.CC.CC.CC.CC.c1ccc2c(c1)Cc1c-2ccc2c1Cc1ccccc1-2.c1ccc2c(c1)Cc1cc3c(cc1-2)Cc1ccccc1-3. The van der Waals surface area contributed by atoms with Crippen molar-refractivity contribution in [3.8, 4) is 44.5 Å². The molecule has 0 amide bonds. The molecule has 4 aliphatic rings. The zero-order valence-corrected chi connectivity index (χ0v) is 34.4. The lowest BCUT2D eigenvalue weighted by molar-refractivity contribution is 1.16. The van der Waals surface area contributed by atoms with Crippen LogP contribution in [0.2, 0.25) is 0 Å². The molecule has 0 nitrogen and oxygen atoms in total. The van der Waals surface area contributed by atoms with Gasteiger partial charge >= 0.3 is 0 Å². The van der Waals surface area contributed by atoms with Crippen LogP contribution in [0.3, 0.4) is 0 Å². The van der Waals surface area contributed by atoms with Crippen molar-refractivity contribution >= 4 is 0 Å². The van der Waals surface area contributed by atoms with Crippen LogP contribution < -0.4 is 0 Å². The van der Waals surface area contributed by atoms with E-state index >= 15 is 0 Å². The standard InChI is InChI=1S/2C20H14.6C2H6/c1-3-7-17-13(5-1)9-15-11-20-16(12-19(15)17)10-14-6-2-4-8-18(14)20;1-3-7-15-13(5-1)11-19-17(15)9-10-18-16-8-4-2-6-14(16)12-20(18)19;6*1-2/h1-8,11-12H,9-10H2;1-10H,11-12H2;6*1-2H3. The van der Waals surface area contributed by atoms with Gasteiger partial charge < -0.3 is 0 Å². The highest BCUT2D eigenvalue weighted by Gasteiger charge is 2.27. The summed E-state index contributed by atoms with van der Waals surface area (Å²) in [4.78, 5) is 0. The zero-order chi connectivity index (χ0) is 38.2. The molecule has 0 N–H and O–H groups in total. The maximum Gasteiger partial charge on any atom is -0.00104 e. The van der Waals surface area contributed by atoms with E-state index in [1.54, 1.807) is 11.1 Å². The molecule has 0 aromatic heterocycles. The molecular weight excluding hydrogens is 625 g/mol. The molecule has 0 radical (unpaired) electrons. The third kappa shape index (κ3) is 8.18. The van der Waals surface area contributed by atoms with Gasteiger partial charge in [-0.15, -0.1) is 0 Å². The van der Waals surface area contributed by atoms with Crippen molar-refractivity contribution in [1.29, 1.82) is 0 Å². The number of fused-ring (bicyclic) bond motifs is 13. The van der Waals surface area contributed by atoms with E-state index in [0.717, 1.165) is 25.7 Å². The van der Waals surface area contributed by atoms with Crippen molar-refractivity contribution < 1.29 is 0 Å². The predicted molar refractivity (Wildman–Crippen MR) is 234 cm³/mol. The van der Waals surface area contributed by atoms with Gasteiger partial charge in [-0.25, -0.2) is 0 Å². The second-order valence-electron chi connectivity index (χ2n) is 11.6. The first-order valence-electron chi connectivity index (χ1n) is 20.5. The van der Waals surface area contributed by atoms with Crippen LogP contribution in [0.25, 0.3) is 44.5 Å². The van der Waals surface area contributed by atoms with Crippen molar-refractivity contribution in [2.45, 2.75) is 109 Å². The molecule has 0 aliphatic heterocycles. The molecule has 0 bridgehead atoms. The van der Waals surface area contributed by atoms with E-state index in [1.807, 2.05) is 83.1 Å². The van der Waals surface area contributed by atoms with E-state index in [9.17, 15) is 0 Å². The van der Waals surface area contributed by atoms with Crippen LogP contribution in [-0.2, 0) is 25.7 Å². The fraction of sp³-hybridized carbons (Fsp3) is 0.308. The molecule has 52 heavy (non-hydrogen) atoms. The Kier molecular flexibility index (Phi) is 16.8. The summed E-state index contributed by atoms with van der Waals surface area (Å²) in [6.07, 6.45) is 4.37. The van der Waals surface area contributed by atoms with Crippen LogP contribution in [-0.4, -0.2) is 0 Å². The summed E-state index contributed by atoms with van der Waals surface area (Å²) in [6, 6.07) is 44.8. The van der Waals surface area contributed by atoms with Gasteiger partial charge in [0.15, 0.2) is 0 Å².